The van der Waals surface area contributed by atoms with Gasteiger partial charge in [0.25, 0.3) is 10.1 Å². The lowest BCUT2D eigenvalue weighted by atomic mass is 10.1. The van der Waals surface area contributed by atoms with Crippen LogP contribution in [0.1, 0.15) is 27.8 Å². The molecule has 0 spiro atoms. The van der Waals surface area contributed by atoms with Crippen molar-refractivity contribution in [2.75, 3.05) is 12.4 Å². The number of hydrogen-bond acceptors (Lipinski definition) is 14. The summed E-state index contributed by atoms with van der Waals surface area (Å²) in [6, 6.07) is 34.8. The summed E-state index contributed by atoms with van der Waals surface area (Å²) in [5, 5.41) is 60.5. The van der Waals surface area contributed by atoms with Crippen LogP contribution in [0.25, 0.3) is 10.8 Å². The molecule has 0 heterocycles. The maximum absolute atomic E-state index is 11.7. The van der Waals surface area contributed by atoms with E-state index in [9.17, 15) is 23.2 Å². The van der Waals surface area contributed by atoms with Crippen LogP contribution in [-0.4, -0.2) is 30.3 Å². The van der Waals surface area contributed by atoms with Gasteiger partial charge in [-0.05, 0) is 158 Å². The highest BCUT2D eigenvalue weighted by Gasteiger charge is 2.15. The van der Waals surface area contributed by atoms with Gasteiger partial charge in [-0.15, -0.1) is 10.2 Å². The average molecular weight is 848 g/mol. The predicted molar refractivity (Wildman–Crippen MR) is 239 cm³/mol. The Labute approximate surface area is 357 Å². The van der Waals surface area contributed by atoms with Gasteiger partial charge in [-0.1, -0.05) is 18.2 Å². The van der Waals surface area contributed by atoms with E-state index in [0.717, 1.165) is 39.0 Å². The van der Waals surface area contributed by atoms with Crippen molar-refractivity contribution in [1.29, 1.82) is 0 Å². The summed E-state index contributed by atoms with van der Waals surface area (Å²) < 4.78 is 38.1. The molecule has 7 aromatic carbocycles. The van der Waals surface area contributed by atoms with Crippen molar-refractivity contribution in [3.63, 3.8) is 0 Å². The Morgan fingerprint density at radius 3 is 1.73 bits per heavy atom. The minimum absolute atomic E-state index is 0.00992. The van der Waals surface area contributed by atoms with Gasteiger partial charge in [-0.2, -0.15) is 39.1 Å². The molecule has 0 aliphatic heterocycles. The minimum Gasteiger partial charge on any atom is -0.505 e. The first-order valence-electron chi connectivity index (χ1n) is 19.2. The van der Waals surface area contributed by atoms with Crippen LogP contribution in [0.5, 0.6) is 11.5 Å². The molecular weight excluding hydrogens is 807 g/mol. The lowest BCUT2D eigenvalue weighted by molar-refractivity contribution is 0.281. The summed E-state index contributed by atoms with van der Waals surface area (Å²) in [4.78, 5) is -0.328. The molecule has 0 radical (unpaired) electrons. The molecule has 0 aliphatic rings. The third kappa shape index (κ3) is 9.90. The molecule has 4 N–H and O–H groups in total. The van der Waals surface area contributed by atoms with Crippen molar-refractivity contribution in [3.05, 3.63) is 149 Å². The lowest BCUT2D eigenvalue weighted by Crippen LogP contribution is -1.97. The fraction of sp³-hybridized carbons (Fsp3) is 0.130. The van der Waals surface area contributed by atoms with Crippen LogP contribution in [0, 0.1) is 27.7 Å². The number of aliphatic hydroxyl groups is 1. The molecule has 0 amide bonds. The Balaban J connectivity index is 0.998. The van der Waals surface area contributed by atoms with Crippen molar-refractivity contribution in [2.45, 2.75) is 39.2 Å². The van der Waals surface area contributed by atoms with Gasteiger partial charge in [0.15, 0.2) is 5.75 Å². The van der Waals surface area contributed by atoms with Crippen molar-refractivity contribution in [2.24, 2.45) is 40.9 Å². The van der Waals surface area contributed by atoms with E-state index in [1.165, 1.54) is 18.2 Å². The highest BCUT2D eigenvalue weighted by Crippen LogP contribution is 2.39. The van der Waals surface area contributed by atoms with Gasteiger partial charge < -0.3 is 20.3 Å². The molecular formula is C46H41N9O6S. The first kappa shape index (κ1) is 42.6. The van der Waals surface area contributed by atoms with E-state index in [0.29, 0.717) is 56.5 Å². The van der Waals surface area contributed by atoms with Gasteiger partial charge in [-0.25, -0.2) is 0 Å². The second kappa shape index (κ2) is 18.4. The number of aromatic hydroxyl groups is 1. The Bertz CT molecular complexity index is 3080. The molecule has 0 unspecified atom stereocenters. The minimum atomic E-state index is -4.45. The van der Waals surface area contributed by atoms with Gasteiger partial charge in [0.05, 0.1) is 47.8 Å². The quantitative estimate of drug-likeness (QED) is 0.0649. The van der Waals surface area contributed by atoms with Crippen LogP contribution >= 0.6 is 0 Å². The number of rotatable bonds is 13. The first-order valence-corrected chi connectivity index (χ1v) is 20.6. The number of anilines is 2. The summed E-state index contributed by atoms with van der Waals surface area (Å²) in [5.41, 5.74) is 9.48. The van der Waals surface area contributed by atoms with Crippen molar-refractivity contribution >= 4 is 77.8 Å². The SMILES string of the molecule is COc1ccc(Nc2ccc3c(O)c(N=Nc4cc(C)c(N=Nc5ccc(N=Nc6ccc(N=Nc7ccccc7S(=O)(=O)O)c(C)c6)c(C)c5)cc4C)ccc3c2)c(CO)c1. The largest absolute Gasteiger partial charge is 0.505 e. The molecule has 312 valence electrons. The second-order valence-corrected chi connectivity index (χ2v) is 15.7. The number of phenols is 1. The molecule has 16 heteroatoms. The Morgan fingerprint density at radius 2 is 1.11 bits per heavy atom. The normalized spacial score (nSPS) is 12.1. The van der Waals surface area contributed by atoms with Gasteiger partial charge in [0.1, 0.15) is 22.0 Å². The molecule has 0 saturated heterocycles. The van der Waals surface area contributed by atoms with Crippen LogP contribution < -0.4 is 10.1 Å². The molecule has 0 atom stereocenters. The number of benzene rings is 7. The summed E-state index contributed by atoms with van der Waals surface area (Å²) in [7, 11) is -2.87. The second-order valence-electron chi connectivity index (χ2n) is 14.3. The zero-order chi connectivity index (χ0) is 44.0. The van der Waals surface area contributed by atoms with Crippen molar-refractivity contribution in [1.82, 2.24) is 0 Å². The number of fused-ring (bicyclic) bond motifs is 1. The first-order chi connectivity index (χ1) is 29.8. The van der Waals surface area contributed by atoms with E-state index in [4.69, 9.17) is 4.74 Å². The lowest BCUT2D eigenvalue weighted by Gasteiger charge is -2.13. The van der Waals surface area contributed by atoms with E-state index in [1.807, 2.05) is 88.4 Å². The Hall–Kier alpha value is -7.53. The summed E-state index contributed by atoms with van der Waals surface area (Å²) >= 11 is 0. The molecule has 0 bridgehead atoms. The maximum atomic E-state index is 11.7. The van der Waals surface area contributed by atoms with Crippen LogP contribution in [0.2, 0.25) is 0 Å². The number of aliphatic hydroxyl groups excluding tert-OH is 1. The van der Waals surface area contributed by atoms with Gasteiger partial charge in [0, 0.05) is 22.3 Å². The van der Waals surface area contributed by atoms with Crippen LogP contribution in [0.15, 0.2) is 167 Å². The van der Waals surface area contributed by atoms with Gasteiger partial charge >= 0.3 is 0 Å². The monoisotopic (exact) mass is 847 g/mol. The number of methoxy groups -OCH3 is 1. The number of azo groups is 4. The standard InChI is InChI=1S/C46H41N9O6S/c1-27-20-35(12-17-38(27)50-48-34-13-18-39(28(2)21-34)51-52-41-8-6-7-9-45(41)62(58,59)60)49-54-43-22-30(4)44(23-29(43)3)55-53-42-16-10-31-24-33(11-15-37(31)46(42)57)47-40-19-14-36(61-5)25-32(40)26-56/h6-25,47,56-57H,26H2,1-5H3,(H,58,59,60). The number of phenolic OH excluding ortho intramolecular Hbond substituents is 1. The molecule has 7 rings (SSSR count). The van der Waals surface area contributed by atoms with Crippen molar-refractivity contribution < 1.29 is 27.9 Å². The zero-order valence-corrected chi connectivity index (χ0v) is 35.1. The molecule has 0 aliphatic carbocycles. The maximum Gasteiger partial charge on any atom is 0.296 e. The highest BCUT2D eigenvalue weighted by atomic mass is 32.2. The highest BCUT2D eigenvalue weighted by molar-refractivity contribution is 7.86. The number of ether oxygens (including phenoxy) is 1. The molecule has 0 saturated carbocycles. The fourth-order valence-corrected chi connectivity index (χ4v) is 7.02. The van der Waals surface area contributed by atoms with E-state index in [1.54, 1.807) is 49.6 Å². The number of hydrogen-bond donors (Lipinski definition) is 4. The number of aryl methyl sites for hydroxylation is 4. The van der Waals surface area contributed by atoms with Gasteiger partial charge in [-0.3, -0.25) is 4.55 Å². The average Bonchev–Trinajstić information content (AvgIpc) is 3.25. The molecule has 0 fully saturated rings. The predicted octanol–water partition coefficient (Wildman–Crippen LogP) is 13.9. The van der Waals surface area contributed by atoms with E-state index in [2.05, 4.69) is 46.2 Å². The zero-order valence-electron chi connectivity index (χ0n) is 34.3. The number of nitrogens with zero attached hydrogens (tertiary/aromatic N) is 8. The molecule has 15 nitrogen and oxygen atoms in total. The molecule has 7 aromatic rings. The Morgan fingerprint density at radius 1 is 0.565 bits per heavy atom. The van der Waals surface area contributed by atoms with Crippen LogP contribution in [0.3, 0.4) is 0 Å². The molecule has 0 aromatic heterocycles. The summed E-state index contributed by atoms with van der Waals surface area (Å²) in [6.45, 7) is 7.39. The van der Waals surface area contributed by atoms with Gasteiger partial charge in [0.2, 0.25) is 0 Å². The fourth-order valence-electron chi connectivity index (χ4n) is 6.39. The molecule has 62 heavy (non-hydrogen) atoms. The van der Waals surface area contributed by atoms with E-state index >= 15 is 0 Å². The third-order valence-corrected chi connectivity index (χ3v) is 10.7. The summed E-state index contributed by atoms with van der Waals surface area (Å²) in [6.07, 6.45) is 0. The van der Waals surface area contributed by atoms with Crippen molar-refractivity contribution in [3.8, 4) is 11.5 Å². The number of nitrogens with one attached hydrogen (secondary N) is 1. The van der Waals surface area contributed by atoms with Crippen LogP contribution in [0.4, 0.5) is 56.9 Å². The van der Waals surface area contributed by atoms with Crippen LogP contribution in [-0.2, 0) is 16.7 Å². The smallest absolute Gasteiger partial charge is 0.296 e. The Kier molecular flexibility index (Phi) is 12.6. The summed E-state index contributed by atoms with van der Waals surface area (Å²) in [5.74, 6) is 0.664. The van der Waals surface area contributed by atoms with E-state index < -0.39 is 10.1 Å². The third-order valence-electron chi connectivity index (χ3n) is 9.83. The van der Waals surface area contributed by atoms with E-state index in [-0.39, 0.29) is 22.9 Å². The topological polar surface area (TPSA) is 215 Å².